The van der Waals surface area contributed by atoms with E-state index in [2.05, 4.69) is 31.1 Å². The number of nitrogens with zero attached hydrogens (tertiary/aromatic N) is 2. The summed E-state index contributed by atoms with van der Waals surface area (Å²) in [7, 11) is 0. The first-order chi connectivity index (χ1) is 9.78. The van der Waals surface area contributed by atoms with Crippen LogP contribution < -0.4 is 10.2 Å². The van der Waals surface area contributed by atoms with Gasteiger partial charge in [0.05, 0.1) is 6.10 Å². The zero-order valence-electron chi connectivity index (χ0n) is 13.4. The van der Waals surface area contributed by atoms with E-state index in [9.17, 15) is 9.50 Å². The Kier molecular flexibility index (Phi) is 4.84. The van der Waals surface area contributed by atoms with Crippen molar-refractivity contribution >= 4 is 5.82 Å². The number of pyridine rings is 1. The fourth-order valence-electron chi connectivity index (χ4n) is 2.51. The van der Waals surface area contributed by atoms with Gasteiger partial charge in [-0.25, -0.2) is 9.37 Å². The monoisotopic (exact) mass is 295 g/mol. The summed E-state index contributed by atoms with van der Waals surface area (Å²) in [5.74, 6) is 0.288. The third kappa shape index (κ3) is 4.14. The Hall–Kier alpha value is -1.20. The highest BCUT2D eigenvalue weighted by molar-refractivity contribution is 5.43. The van der Waals surface area contributed by atoms with Gasteiger partial charge in [0.25, 0.3) is 0 Å². The van der Waals surface area contributed by atoms with E-state index in [4.69, 9.17) is 0 Å². The Bertz CT molecular complexity index is 487. The van der Waals surface area contributed by atoms with Crippen LogP contribution in [0.3, 0.4) is 0 Å². The molecule has 1 saturated heterocycles. The summed E-state index contributed by atoms with van der Waals surface area (Å²) in [4.78, 5) is 6.15. The second kappa shape index (κ2) is 6.28. The van der Waals surface area contributed by atoms with Gasteiger partial charge >= 0.3 is 0 Å². The maximum atomic E-state index is 14.6. The summed E-state index contributed by atoms with van der Waals surface area (Å²) in [6.45, 7) is 9.92. The first-order valence-electron chi connectivity index (χ1n) is 7.59. The number of aliphatic hydroxyl groups is 1. The number of halogens is 1. The summed E-state index contributed by atoms with van der Waals surface area (Å²) >= 11 is 0. The molecular weight excluding hydrogens is 269 g/mol. The van der Waals surface area contributed by atoms with Gasteiger partial charge in [0, 0.05) is 36.9 Å². The largest absolute Gasteiger partial charge is 0.393 e. The van der Waals surface area contributed by atoms with Gasteiger partial charge in [-0.2, -0.15) is 0 Å². The molecule has 1 aliphatic heterocycles. The maximum absolute atomic E-state index is 14.6. The molecule has 2 rings (SSSR count). The highest BCUT2D eigenvalue weighted by atomic mass is 19.1. The van der Waals surface area contributed by atoms with Crippen molar-refractivity contribution in [1.82, 2.24) is 10.3 Å². The number of rotatable bonds is 3. The Labute approximate surface area is 126 Å². The summed E-state index contributed by atoms with van der Waals surface area (Å²) in [5, 5.41) is 13.1. The molecule has 0 aliphatic carbocycles. The number of anilines is 1. The van der Waals surface area contributed by atoms with Gasteiger partial charge in [0.2, 0.25) is 0 Å². The molecule has 2 unspecified atom stereocenters. The van der Waals surface area contributed by atoms with Crippen molar-refractivity contribution in [2.24, 2.45) is 5.92 Å². The SMILES string of the molecule is CC1CN(c2nccc(CNC(C)(C)C)c2F)CCC1O. The van der Waals surface area contributed by atoms with E-state index < -0.39 is 0 Å². The van der Waals surface area contributed by atoms with Gasteiger partial charge in [-0.05, 0) is 39.2 Å². The fraction of sp³-hybridized carbons (Fsp3) is 0.688. The Morgan fingerprint density at radius 2 is 2.19 bits per heavy atom. The molecule has 1 aliphatic rings. The van der Waals surface area contributed by atoms with E-state index in [1.54, 1.807) is 12.3 Å². The average Bonchev–Trinajstić information content (AvgIpc) is 2.40. The van der Waals surface area contributed by atoms with E-state index in [1.807, 2.05) is 11.8 Å². The minimum Gasteiger partial charge on any atom is -0.393 e. The van der Waals surface area contributed by atoms with Crippen LogP contribution in [-0.4, -0.2) is 34.8 Å². The van der Waals surface area contributed by atoms with Crippen LogP contribution in [0.1, 0.15) is 39.7 Å². The van der Waals surface area contributed by atoms with Crippen LogP contribution in [0.2, 0.25) is 0 Å². The van der Waals surface area contributed by atoms with Gasteiger partial charge < -0.3 is 15.3 Å². The van der Waals surface area contributed by atoms with E-state index >= 15 is 0 Å². The first-order valence-corrected chi connectivity index (χ1v) is 7.59. The molecule has 0 amide bonds. The molecule has 1 aromatic rings. The topological polar surface area (TPSA) is 48.4 Å². The van der Waals surface area contributed by atoms with Crippen molar-refractivity contribution in [2.45, 2.75) is 52.3 Å². The zero-order chi connectivity index (χ0) is 15.6. The van der Waals surface area contributed by atoms with Gasteiger partial charge in [-0.1, -0.05) is 6.92 Å². The molecule has 2 atom stereocenters. The lowest BCUT2D eigenvalue weighted by Crippen LogP contribution is -2.43. The van der Waals surface area contributed by atoms with Crippen LogP contribution in [0.5, 0.6) is 0 Å². The van der Waals surface area contributed by atoms with Crippen molar-refractivity contribution in [3.8, 4) is 0 Å². The van der Waals surface area contributed by atoms with Crippen LogP contribution in [0.25, 0.3) is 0 Å². The number of piperidine rings is 1. The van der Waals surface area contributed by atoms with E-state index in [0.29, 0.717) is 37.4 Å². The van der Waals surface area contributed by atoms with Crippen LogP contribution in [0, 0.1) is 11.7 Å². The van der Waals surface area contributed by atoms with Crippen molar-refractivity contribution in [1.29, 1.82) is 0 Å². The van der Waals surface area contributed by atoms with Gasteiger partial charge in [0.15, 0.2) is 11.6 Å². The Morgan fingerprint density at radius 1 is 1.48 bits per heavy atom. The molecule has 0 saturated carbocycles. The molecule has 2 heterocycles. The molecule has 0 aromatic carbocycles. The van der Waals surface area contributed by atoms with Crippen molar-refractivity contribution in [3.63, 3.8) is 0 Å². The molecule has 1 aromatic heterocycles. The summed E-state index contributed by atoms with van der Waals surface area (Å²) < 4.78 is 14.6. The molecule has 2 N–H and O–H groups in total. The summed E-state index contributed by atoms with van der Waals surface area (Å²) in [6, 6.07) is 1.72. The second-order valence-corrected chi connectivity index (χ2v) is 6.99. The fourth-order valence-corrected chi connectivity index (χ4v) is 2.51. The van der Waals surface area contributed by atoms with Crippen LogP contribution in [-0.2, 0) is 6.54 Å². The van der Waals surface area contributed by atoms with Gasteiger partial charge in [-0.3, -0.25) is 0 Å². The number of hydrogen-bond donors (Lipinski definition) is 2. The van der Waals surface area contributed by atoms with E-state index in [0.717, 1.165) is 0 Å². The Balaban J connectivity index is 2.14. The number of aromatic nitrogens is 1. The summed E-state index contributed by atoms with van der Waals surface area (Å²) in [5.41, 5.74) is 0.577. The molecule has 0 radical (unpaired) electrons. The highest BCUT2D eigenvalue weighted by Crippen LogP contribution is 2.25. The summed E-state index contributed by atoms with van der Waals surface area (Å²) in [6.07, 6.45) is 2.02. The maximum Gasteiger partial charge on any atom is 0.170 e. The highest BCUT2D eigenvalue weighted by Gasteiger charge is 2.27. The van der Waals surface area contributed by atoms with Crippen molar-refractivity contribution in [2.75, 3.05) is 18.0 Å². The van der Waals surface area contributed by atoms with Crippen LogP contribution >= 0.6 is 0 Å². The third-order valence-electron chi connectivity index (χ3n) is 3.92. The van der Waals surface area contributed by atoms with Crippen molar-refractivity contribution in [3.05, 3.63) is 23.6 Å². The minimum atomic E-state index is -0.296. The molecule has 21 heavy (non-hydrogen) atoms. The van der Waals surface area contributed by atoms with Crippen molar-refractivity contribution < 1.29 is 9.50 Å². The smallest absolute Gasteiger partial charge is 0.170 e. The zero-order valence-corrected chi connectivity index (χ0v) is 13.4. The Morgan fingerprint density at radius 3 is 2.81 bits per heavy atom. The molecule has 0 bridgehead atoms. The first kappa shape index (κ1) is 16.2. The number of aliphatic hydroxyl groups excluding tert-OH is 1. The lowest BCUT2D eigenvalue weighted by atomic mass is 9.96. The standard InChI is InChI=1S/C16H26FN3O/c1-11-10-20(8-6-13(11)21)15-14(17)12(5-7-18-15)9-19-16(2,3)4/h5,7,11,13,19,21H,6,8-10H2,1-4H3. The quantitative estimate of drug-likeness (QED) is 0.898. The number of nitrogens with one attached hydrogen (secondary N) is 1. The lowest BCUT2D eigenvalue weighted by molar-refractivity contribution is 0.0966. The molecule has 5 heteroatoms. The normalized spacial score (nSPS) is 23.4. The molecular formula is C16H26FN3O. The second-order valence-electron chi connectivity index (χ2n) is 6.99. The number of hydrogen-bond acceptors (Lipinski definition) is 4. The predicted octanol–water partition coefficient (Wildman–Crippen LogP) is 2.32. The van der Waals surface area contributed by atoms with Gasteiger partial charge in [0.1, 0.15) is 0 Å². The minimum absolute atomic E-state index is 0.0559. The average molecular weight is 295 g/mol. The lowest BCUT2D eigenvalue weighted by Gasteiger charge is -2.35. The van der Waals surface area contributed by atoms with E-state index in [1.165, 1.54) is 0 Å². The molecule has 1 fully saturated rings. The third-order valence-corrected chi connectivity index (χ3v) is 3.92. The molecule has 118 valence electrons. The molecule has 0 spiro atoms. The van der Waals surface area contributed by atoms with Gasteiger partial charge in [-0.15, -0.1) is 0 Å². The van der Waals surface area contributed by atoms with E-state index in [-0.39, 0.29) is 23.4 Å². The van der Waals surface area contributed by atoms with Crippen LogP contribution in [0.4, 0.5) is 10.2 Å². The predicted molar refractivity (Wildman–Crippen MR) is 82.8 cm³/mol. The molecule has 4 nitrogen and oxygen atoms in total. The van der Waals surface area contributed by atoms with Crippen LogP contribution in [0.15, 0.2) is 12.3 Å².